The summed E-state index contributed by atoms with van der Waals surface area (Å²) >= 11 is 0. The molecular weight excluding hydrogens is 361 g/mol. The van der Waals surface area contributed by atoms with Crippen molar-refractivity contribution in [2.24, 2.45) is 0 Å². The number of nitrogens with zero attached hydrogens (tertiary/aromatic N) is 2. The quantitative estimate of drug-likeness (QED) is 0.650. The van der Waals surface area contributed by atoms with E-state index in [1.54, 1.807) is 17.0 Å². The Morgan fingerprint density at radius 3 is 2.54 bits per heavy atom. The Morgan fingerprint density at radius 2 is 1.79 bits per heavy atom. The molecule has 28 heavy (non-hydrogen) atoms. The Morgan fingerprint density at radius 1 is 1.04 bits per heavy atom. The number of hydrogen-bond donors (Lipinski definition) is 3. The topological polar surface area (TPSA) is 90.1 Å². The highest BCUT2D eigenvalue weighted by molar-refractivity contribution is 5.93. The van der Waals surface area contributed by atoms with Gasteiger partial charge in [0.15, 0.2) is 5.82 Å². The third kappa shape index (κ3) is 3.85. The Kier molecular flexibility index (Phi) is 4.76. The summed E-state index contributed by atoms with van der Waals surface area (Å²) in [5, 5.41) is 12.6. The molecule has 7 nitrogen and oxygen atoms in total. The number of urea groups is 1. The number of anilines is 2. The number of rotatable bonds is 4. The molecule has 0 radical (unpaired) electrons. The maximum absolute atomic E-state index is 13.0. The SMILES string of the molecule is O=C(Cc1ccc(F)cc1)Nc1n[nH]c2c1CN(C(=O)Nc1ccccc1)C2. The second-order valence-electron chi connectivity index (χ2n) is 6.53. The number of carbonyl (C=O) groups is 2. The average molecular weight is 379 g/mol. The second-order valence-corrected chi connectivity index (χ2v) is 6.53. The third-order valence-electron chi connectivity index (χ3n) is 4.50. The van der Waals surface area contributed by atoms with Crippen LogP contribution in [0, 0.1) is 5.82 Å². The lowest BCUT2D eigenvalue weighted by molar-refractivity contribution is -0.115. The zero-order chi connectivity index (χ0) is 19.5. The number of fused-ring (bicyclic) bond motifs is 1. The Hall–Kier alpha value is -3.68. The molecule has 0 spiro atoms. The molecule has 0 saturated heterocycles. The Balaban J connectivity index is 1.37. The van der Waals surface area contributed by atoms with Crippen LogP contribution >= 0.6 is 0 Å². The normalized spacial score (nSPS) is 12.5. The predicted octanol–water partition coefficient (Wildman–Crippen LogP) is 3.28. The summed E-state index contributed by atoms with van der Waals surface area (Å²) in [5.74, 6) is -0.187. The van der Waals surface area contributed by atoms with Crippen LogP contribution in [0.25, 0.3) is 0 Å². The van der Waals surface area contributed by atoms with Gasteiger partial charge in [-0.15, -0.1) is 0 Å². The Bertz CT molecular complexity index is 1000. The van der Waals surface area contributed by atoms with Crippen LogP contribution in [-0.4, -0.2) is 27.0 Å². The average Bonchev–Trinajstić information content (AvgIpc) is 3.27. The van der Waals surface area contributed by atoms with Gasteiger partial charge in [0.2, 0.25) is 5.91 Å². The highest BCUT2D eigenvalue weighted by atomic mass is 19.1. The largest absolute Gasteiger partial charge is 0.322 e. The van der Waals surface area contributed by atoms with Crippen LogP contribution in [0.1, 0.15) is 16.8 Å². The molecule has 3 N–H and O–H groups in total. The summed E-state index contributed by atoms with van der Waals surface area (Å²) in [6, 6.07) is 14.8. The Labute approximate surface area is 160 Å². The molecule has 0 saturated carbocycles. The van der Waals surface area contributed by atoms with E-state index in [0.717, 1.165) is 11.3 Å². The van der Waals surface area contributed by atoms with Crippen LogP contribution in [-0.2, 0) is 24.3 Å². The fourth-order valence-corrected chi connectivity index (χ4v) is 3.07. The van der Waals surface area contributed by atoms with Gasteiger partial charge in [-0.3, -0.25) is 9.89 Å². The molecule has 2 aromatic carbocycles. The number of hydrogen-bond acceptors (Lipinski definition) is 3. The minimum Gasteiger partial charge on any atom is -0.314 e. The molecular formula is C20H18FN5O2. The van der Waals surface area contributed by atoms with E-state index in [4.69, 9.17) is 0 Å². The van der Waals surface area contributed by atoms with Gasteiger partial charge in [-0.05, 0) is 29.8 Å². The number of aromatic amines is 1. The molecule has 3 aromatic rings. The molecule has 1 aliphatic heterocycles. The van der Waals surface area contributed by atoms with Crippen molar-refractivity contribution >= 4 is 23.4 Å². The summed E-state index contributed by atoms with van der Waals surface area (Å²) < 4.78 is 13.0. The van der Waals surface area contributed by atoms with E-state index in [1.807, 2.05) is 30.3 Å². The van der Waals surface area contributed by atoms with Gasteiger partial charge in [-0.1, -0.05) is 30.3 Å². The van der Waals surface area contributed by atoms with E-state index in [2.05, 4.69) is 20.8 Å². The molecule has 0 aliphatic carbocycles. The van der Waals surface area contributed by atoms with Gasteiger partial charge >= 0.3 is 6.03 Å². The predicted molar refractivity (Wildman–Crippen MR) is 102 cm³/mol. The highest BCUT2D eigenvalue weighted by Gasteiger charge is 2.28. The molecule has 1 aliphatic rings. The first-order valence-electron chi connectivity index (χ1n) is 8.80. The molecule has 8 heteroatoms. The van der Waals surface area contributed by atoms with Gasteiger partial charge < -0.3 is 15.5 Å². The first-order valence-corrected chi connectivity index (χ1v) is 8.80. The van der Waals surface area contributed by atoms with Crippen molar-refractivity contribution in [1.82, 2.24) is 15.1 Å². The first-order chi connectivity index (χ1) is 13.6. The van der Waals surface area contributed by atoms with Crippen LogP contribution in [0.5, 0.6) is 0 Å². The first kappa shape index (κ1) is 17.7. The molecule has 142 valence electrons. The number of halogens is 1. The number of H-pyrrole nitrogens is 1. The minimum atomic E-state index is -0.344. The van der Waals surface area contributed by atoms with Crippen LogP contribution < -0.4 is 10.6 Å². The van der Waals surface area contributed by atoms with Crippen LogP contribution in [0.3, 0.4) is 0 Å². The number of aromatic nitrogens is 2. The molecule has 0 unspecified atom stereocenters. The lowest BCUT2D eigenvalue weighted by Gasteiger charge is -2.16. The van der Waals surface area contributed by atoms with E-state index in [-0.39, 0.29) is 24.2 Å². The van der Waals surface area contributed by atoms with E-state index >= 15 is 0 Å². The lowest BCUT2D eigenvalue weighted by atomic mass is 10.1. The van der Waals surface area contributed by atoms with Crippen molar-refractivity contribution in [3.05, 3.63) is 77.2 Å². The fourth-order valence-electron chi connectivity index (χ4n) is 3.07. The van der Waals surface area contributed by atoms with Gasteiger partial charge in [0.25, 0.3) is 0 Å². The number of nitrogens with one attached hydrogen (secondary N) is 3. The molecule has 4 rings (SSSR count). The summed E-state index contributed by atoms with van der Waals surface area (Å²) in [7, 11) is 0. The summed E-state index contributed by atoms with van der Waals surface area (Å²) in [6.45, 7) is 0.728. The standard InChI is InChI=1S/C20H18FN5O2/c21-14-8-6-13(7-9-14)10-18(27)23-19-16-11-26(12-17(16)24-25-19)20(28)22-15-4-2-1-3-5-15/h1-9H,10-12H2,(H,22,28)(H2,23,24,25,27). The van der Waals surface area contributed by atoms with Gasteiger partial charge in [-0.2, -0.15) is 5.10 Å². The molecule has 0 bridgehead atoms. The summed E-state index contributed by atoms with van der Waals surface area (Å²) in [6.07, 6.45) is 0.111. The van der Waals surface area contributed by atoms with Crippen LogP contribution in [0.2, 0.25) is 0 Å². The zero-order valence-corrected chi connectivity index (χ0v) is 14.9. The monoisotopic (exact) mass is 379 g/mol. The van der Waals surface area contributed by atoms with Gasteiger partial charge in [-0.25, -0.2) is 9.18 Å². The maximum atomic E-state index is 13.0. The minimum absolute atomic E-state index is 0.111. The number of amides is 3. The van der Waals surface area contributed by atoms with Crippen molar-refractivity contribution in [3.63, 3.8) is 0 Å². The van der Waals surface area contributed by atoms with E-state index in [0.29, 0.717) is 30.2 Å². The van der Waals surface area contributed by atoms with Crippen LogP contribution in [0.4, 0.5) is 20.7 Å². The second kappa shape index (κ2) is 7.51. The number of para-hydroxylation sites is 1. The molecule has 2 heterocycles. The highest BCUT2D eigenvalue weighted by Crippen LogP contribution is 2.27. The molecule has 0 atom stereocenters. The van der Waals surface area contributed by atoms with E-state index in [9.17, 15) is 14.0 Å². The van der Waals surface area contributed by atoms with Crippen LogP contribution in [0.15, 0.2) is 54.6 Å². The summed E-state index contributed by atoms with van der Waals surface area (Å²) in [5.41, 5.74) is 3.00. The van der Waals surface area contributed by atoms with Gasteiger partial charge in [0.05, 0.1) is 25.2 Å². The van der Waals surface area contributed by atoms with Gasteiger partial charge in [0, 0.05) is 11.3 Å². The fraction of sp³-hybridized carbons (Fsp3) is 0.150. The smallest absolute Gasteiger partial charge is 0.314 e. The van der Waals surface area contributed by atoms with Crippen molar-refractivity contribution in [1.29, 1.82) is 0 Å². The van der Waals surface area contributed by atoms with Crippen molar-refractivity contribution in [2.75, 3.05) is 10.6 Å². The maximum Gasteiger partial charge on any atom is 0.322 e. The van der Waals surface area contributed by atoms with Crippen molar-refractivity contribution in [2.45, 2.75) is 19.5 Å². The van der Waals surface area contributed by atoms with E-state index in [1.165, 1.54) is 12.1 Å². The number of carbonyl (C=O) groups excluding carboxylic acids is 2. The van der Waals surface area contributed by atoms with Crippen molar-refractivity contribution in [3.8, 4) is 0 Å². The molecule has 1 aromatic heterocycles. The third-order valence-corrected chi connectivity index (χ3v) is 4.50. The molecule has 0 fully saturated rings. The lowest BCUT2D eigenvalue weighted by Crippen LogP contribution is -2.30. The zero-order valence-electron chi connectivity index (χ0n) is 14.9. The van der Waals surface area contributed by atoms with Gasteiger partial charge in [0.1, 0.15) is 5.82 Å². The summed E-state index contributed by atoms with van der Waals surface area (Å²) in [4.78, 5) is 26.3. The molecule has 3 amide bonds. The number of benzene rings is 2. The van der Waals surface area contributed by atoms with Crippen molar-refractivity contribution < 1.29 is 14.0 Å². The van der Waals surface area contributed by atoms with E-state index < -0.39 is 0 Å².